The highest BCUT2D eigenvalue weighted by atomic mass is 16.4. The van der Waals surface area contributed by atoms with Crippen LogP contribution in [0.3, 0.4) is 0 Å². The number of benzene rings is 2. The van der Waals surface area contributed by atoms with Crippen LogP contribution in [0.2, 0.25) is 0 Å². The van der Waals surface area contributed by atoms with E-state index >= 15 is 0 Å². The van der Waals surface area contributed by atoms with Crippen molar-refractivity contribution in [3.05, 3.63) is 70.6 Å². The highest BCUT2D eigenvalue weighted by molar-refractivity contribution is 6.05. The van der Waals surface area contributed by atoms with E-state index < -0.39 is 11.5 Å². The lowest BCUT2D eigenvalue weighted by Gasteiger charge is -2.10. The first-order valence-corrected chi connectivity index (χ1v) is 6.12. The number of carboxylic acids is 1. The molecule has 2 N–H and O–H groups in total. The number of rotatable bonds is 2. The molecule has 4 nitrogen and oxygen atoms in total. The highest BCUT2D eigenvalue weighted by Crippen LogP contribution is 2.29. The molecule has 20 heavy (non-hydrogen) atoms. The number of pyridine rings is 1. The van der Waals surface area contributed by atoms with Gasteiger partial charge in [-0.3, -0.25) is 4.79 Å². The van der Waals surface area contributed by atoms with Crippen LogP contribution in [0.25, 0.3) is 21.9 Å². The first-order chi connectivity index (χ1) is 9.68. The Hall–Kier alpha value is -2.88. The number of hydrogen-bond donors (Lipinski definition) is 2. The molecule has 1 heterocycles. The molecule has 4 heteroatoms. The first kappa shape index (κ1) is 12.2. The van der Waals surface area contributed by atoms with Crippen LogP contribution in [-0.2, 0) is 0 Å². The maximum absolute atomic E-state index is 12.0. The molecule has 0 saturated heterocycles. The number of H-pyrrole nitrogens is 1. The number of nitrogens with one attached hydrogen (secondary N) is 1. The minimum atomic E-state index is -1.15. The van der Waals surface area contributed by atoms with E-state index in [0.717, 1.165) is 5.56 Å². The summed E-state index contributed by atoms with van der Waals surface area (Å²) in [6.07, 6.45) is 0. The molecular formula is C16H11NO3. The summed E-state index contributed by atoms with van der Waals surface area (Å²) in [5.41, 5.74) is 0.822. The summed E-state index contributed by atoms with van der Waals surface area (Å²) in [4.78, 5) is 25.9. The van der Waals surface area contributed by atoms with Gasteiger partial charge in [0.05, 0.1) is 0 Å². The third-order valence-corrected chi connectivity index (χ3v) is 3.21. The third kappa shape index (κ3) is 1.87. The van der Waals surface area contributed by atoms with Crippen LogP contribution in [0.5, 0.6) is 0 Å². The highest BCUT2D eigenvalue weighted by Gasteiger charge is 2.17. The number of carbonyl (C=O) groups is 1. The van der Waals surface area contributed by atoms with Crippen LogP contribution in [0.1, 0.15) is 10.5 Å². The van der Waals surface area contributed by atoms with Gasteiger partial charge in [-0.05, 0) is 17.0 Å². The predicted molar refractivity (Wildman–Crippen MR) is 77.0 cm³/mol. The summed E-state index contributed by atoms with van der Waals surface area (Å²) in [5, 5.41) is 10.5. The van der Waals surface area contributed by atoms with Gasteiger partial charge in [-0.1, -0.05) is 48.5 Å². The standard InChI is InChI=1S/C16H11NO3/c18-15-12-9-5-4-8-11(12)13(14(17-15)16(19)20)10-6-2-1-3-7-10/h1-9H,(H,17,18)(H,19,20). The fraction of sp³-hybridized carbons (Fsp3) is 0. The molecule has 3 rings (SSSR count). The maximum atomic E-state index is 12.0. The topological polar surface area (TPSA) is 70.2 Å². The van der Waals surface area contributed by atoms with Crippen LogP contribution >= 0.6 is 0 Å². The van der Waals surface area contributed by atoms with E-state index in [1.165, 1.54) is 0 Å². The molecule has 0 atom stereocenters. The SMILES string of the molecule is O=C(O)c1[nH]c(=O)c2ccccc2c1-c1ccccc1. The molecule has 0 unspecified atom stereocenters. The van der Waals surface area contributed by atoms with E-state index in [-0.39, 0.29) is 5.69 Å². The number of aromatic amines is 1. The molecule has 0 aliphatic rings. The van der Waals surface area contributed by atoms with E-state index in [9.17, 15) is 14.7 Å². The van der Waals surface area contributed by atoms with E-state index in [2.05, 4.69) is 4.98 Å². The zero-order chi connectivity index (χ0) is 14.1. The summed E-state index contributed by atoms with van der Waals surface area (Å²) < 4.78 is 0. The maximum Gasteiger partial charge on any atom is 0.353 e. The van der Waals surface area contributed by atoms with Crippen molar-refractivity contribution < 1.29 is 9.90 Å². The van der Waals surface area contributed by atoms with Gasteiger partial charge in [0.2, 0.25) is 0 Å². The summed E-state index contributed by atoms with van der Waals surface area (Å²) in [6.45, 7) is 0. The monoisotopic (exact) mass is 265 g/mol. The van der Waals surface area contributed by atoms with E-state index in [1.54, 1.807) is 24.3 Å². The summed E-state index contributed by atoms with van der Waals surface area (Å²) in [5.74, 6) is -1.15. The molecule has 0 fully saturated rings. The van der Waals surface area contributed by atoms with Crippen molar-refractivity contribution in [3.63, 3.8) is 0 Å². The number of hydrogen-bond acceptors (Lipinski definition) is 2. The van der Waals surface area contributed by atoms with E-state index in [0.29, 0.717) is 16.3 Å². The second kappa shape index (κ2) is 4.66. The minimum absolute atomic E-state index is 0.0834. The molecule has 1 aromatic heterocycles. The van der Waals surface area contributed by atoms with E-state index in [1.807, 2.05) is 30.3 Å². The molecule has 2 aromatic carbocycles. The Labute approximate surface area is 114 Å². The molecule has 3 aromatic rings. The summed E-state index contributed by atoms with van der Waals surface area (Å²) >= 11 is 0. The van der Waals surface area contributed by atoms with Gasteiger partial charge < -0.3 is 10.1 Å². The van der Waals surface area contributed by atoms with Gasteiger partial charge in [-0.25, -0.2) is 4.79 Å². The lowest BCUT2D eigenvalue weighted by molar-refractivity contribution is 0.0691. The summed E-state index contributed by atoms with van der Waals surface area (Å²) in [6, 6.07) is 16.2. The molecule has 0 aliphatic heterocycles. The Morgan fingerprint density at radius 1 is 0.900 bits per heavy atom. The molecular weight excluding hydrogens is 254 g/mol. The average molecular weight is 265 g/mol. The zero-order valence-corrected chi connectivity index (χ0v) is 10.5. The van der Waals surface area contributed by atoms with Gasteiger partial charge in [0, 0.05) is 10.9 Å². The number of aromatic nitrogens is 1. The van der Waals surface area contributed by atoms with Crippen molar-refractivity contribution in [2.75, 3.05) is 0 Å². The van der Waals surface area contributed by atoms with Crippen LogP contribution in [0.15, 0.2) is 59.4 Å². The van der Waals surface area contributed by atoms with Crippen molar-refractivity contribution in [1.82, 2.24) is 4.98 Å². The van der Waals surface area contributed by atoms with Gasteiger partial charge in [0.15, 0.2) is 0 Å². The number of fused-ring (bicyclic) bond motifs is 1. The predicted octanol–water partition coefficient (Wildman–Crippen LogP) is 2.89. The molecule has 0 spiro atoms. The van der Waals surface area contributed by atoms with Gasteiger partial charge in [0.25, 0.3) is 5.56 Å². The van der Waals surface area contributed by atoms with Gasteiger partial charge in [-0.2, -0.15) is 0 Å². The number of carboxylic acid groups (broad SMARTS) is 1. The van der Waals surface area contributed by atoms with Gasteiger partial charge in [-0.15, -0.1) is 0 Å². The Morgan fingerprint density at radius 2 is 1.50 bits per heavy atom. The quantitative estimate of drug-likeness (QED) is 0.748. The molecule has 98 valence electrons. The minimum Gasteiger partial charge on any atom is -0.477 e. The summed E-state index contributed by atoms with van der Waals surface area (Å²) in [7, 11) is 0. The first-order valence-electron chi connectivity index (χ1n) is 6.12. The van der Waals surface area contributed by atoms with Crippen LogP contribution in [-0.4, -0.2) is 16.1 Å². The van der Waals surface area contributed by atoms with Crippen LogP contribution in [0, 0.1) is 0 Å². The van der Waals surface area contributed by atoms with E-state index in [4.69, 9.17) is 0 Å². The Morgan fingerprint density at radius 3 is 2.15 bits per heavy atom. The lowest BCUT2D eigenvalue weighted by Crippen LogP contribution is -2.15. The van der Waals surface area contributed by atoms with Crippen molar-refractivity contribution in [2.24, 2.45) is 0 Å². The third-order valence-electron chi connectivity index (χ3n) is 3.21. The molecule has 0 aliphatic carbocycles. The molecule has 0 amide bonds. The number of aromatic carboxylic acids is 1. The second-order valence-electron chi connectivity index (χ2n) is 4.42. The lowest BCUT2D eigenvalue weighted by atomic mass is 9.97. The Balaban J connectivity index is 2.50. The normalized spacial score (nSPS) is 10.6. The smallest absolute Gasteiger partial charge is 0.353 e. The molecule has 0 saturated carbocycles. The largest absolute Gasteiger partial charge is 0.477 e. The van der Waals surface area contributed by atoms with Crippen LogP contribution in [0.4, 0.5) is 0 Å². The Bertz CT molecular complexity index is 850. The zero-order valence-electron chi connectivity index (χ0n) is 10.5. The van der Waals surface area contributed by atoms with Crippen molar-refractivity contribution in [1.29, 1.82) is 0 Å². The fourth-order valence-electron chi connectivity index (χ4n) is 2.34. The van der Waals surface area contributed by atoms with Crippen molar-refractivity contribution >= 4 is 16.7 Å². The molecule has 0 bridgehead atoms. The second-order valence-corrected chi connectivity index (χ2v) is 4.42. The molecule has 0 radical (unpaired) electrons. The fourth-order valence-corrected chi connectivity index (χ4v) is 2.34. The van der Waals surface area contributed by atoms with Crippen LogP contribution < -0.4 is 5.56 Å². The van der Waals surface area contributed by atoms with Gasteiger partial charge in [0.1, 0.15) is 5.69 Å². The van der Waals surface area contributed by atoms with Gasteiger partial charge >= 0.3 is 5.97 Å². The van der Waals surface area contributed by atoms with Crippen molar-refractivity contribution in [2.45, 2.75) is 0 Å². The Kier molecular flexibility index (Phi) is 2.84. The average Bonchev–Trinajstić information content (AvgIpc) is 2.48. The van der Waals surface area contributed by atoms with Crippen molar-refractivity contribution in [3.8, 4) is 11.1 Å².